The second kappa shape index (κ2) is 9.50. The lowest BCUT2D eigenvalue weighted by molar-refractivity contribution is 0.372. The molecule has 0 saturated carbocycles. The molecule has 0 atom stereocenters. The molecule has 0 unspecified atom stereocenters. The molecule has 8 heteroatoms. The van der Waals surface area contributed by atoms with Gasteiger partial charge in [0, 0.05) is 56.7 Å². The Bertz CT molecular complexity index is 953. The predicted molar refractivity (Wildman–Crippen MR) is 120 cm³/mol. The van der Waals surface area contributed by atoms with Gasteiger partial charge in [-0.3, -0.25) is 4.99 Å². The van der Waals surface area contributed by atoms with Gasteiger partial charge < -0.3 is 15.1 Å². The Morgan fingerprint density at radius 3 is 2.31 bits per heavy atom. The molecule has 0 spiro atoms. The van der Waals surface area contributed by atoms with E-state index in [-0.39, 0.29) is 5.75 Å². The number of halogens is 1. The zero-order valence-corrected chi connectivity index (χ0v) is 18.4. The van der Waals surface area contributed by atoms with Crippen LogP contribution in [-0.4, -0.2) is 58.8 Å². The van der Waals surface area contributed by atoms with Crippen LogP contribution in [0, 0.1) is 0 Å². The first-order chi connectivity index (χ1) is 13.8. The number of benzene rings is 2. The molecule has 1 heterocycles. The largest absolute Gasteiger partial charge is 0.368 e. The molecule has 1 aliphatic rings. The van der Waals surface area contributed by atoms with Crippen LogP contribution in [0.5, 0.6) is 0 Å². The molecular weight excluding hydrogens is 408 g/mol. The van der Waals surface area contributed by atoms with Crippen molar-refractivity contribution in [3.63, 3.8) is 0 Å². The smallest absolute Gasteiger partial charge is 0.194 e. The highest BCUT2D eigenvalue weighted by molar-refractivity contribution is 7.89. The minimum absolute atomic E-state index is 0.0687. The summed E-state index contributed by atoms with van der Waals surface area (Å²) in [6.45, 7) is 4.20. The molecule has 6 nitrogen and oxygen atoms in total. The Hall–Kier alpha value is -2.25. The third-order valence-electron chi connectivity index (χ3n) is 4.87. The first-order valence-corrected chi connectivity index (χ1v) is 12.0. The fourth-order valence-corrected chi connectivity index (χ4v) is 4.40. The topological polar surface area (TPSA) is 65.0 Å². The highest BCUT2D eigenvalue weighted by atomic mass is 35.5. The van der Waals surface area contributed by atoms with Crippen LogP contribution in [0.4, 0.5) is 5.69 Å². The van der Waals surface area contributed by atoms with Crippen molar-refractivity contribution < 1.29 is 8.42 Å². The average Bonchev–Trinajstić information content (AvgIpc) is 2.69. The normalized spacial score (nSPS) is 15.5. The standard InChI is InChI=1S/C21H27ClN4O2S/c1-23-21(24-15-17-6-8-18(9-7-17)16-29(2,27)28)26-12-10-25(11-13-26)20-5-3-4-19(22)14-20/h3-9,14H,10-13,15-16H2,1-2H3,(H,23,24). The lowest BCUT2D eigenvalue weighted by atomic mass is 10.1. The summed E-state index contributed by atoms with van der Waals surface area (Å²) in [5.74, 6) is 0.940. The maximum Gasteiger partial charge on any atom is 0.194 e. The summed E-state index contributed by atoms with van der Waals surface area (Å²) in [5.41, 5.74) is 3.04. The number of hydrogen-bond donors (Lipinski definition) is 1. The van der Waals surface area contributed by atoms with E-state index in [1.165, 1.54) is 6.26 Å². The minimum atomic E-state index is -3.01. The van der Waals surface area contributed by atoms with Gasteiger partial charge in [-0.2, -0.15) is 0 Å². The Morgan fingerprint density at radius 2 is 1.72 bits per heavy atom. The third kappa shape index (κ3) is 6.37. The van der Waals surface area contributed by atoms with Gasteiger partial charge in [0.25, 0.3) is 0 Å². The van der Waals surface area contributed by atoms with Crippen LogP contribution in [0.3, 0.4) is 0 Å². The number of nitrogens with zero attached hydrogens (tertiary/aromatic N) is 3. The molecular formula is C21H27ClN4O2S. The Balaban J connectivity index is 1.52. The van der Waals surface area contributed by atoms with E-state index < -0.39 is 9.84 Å². The van der Waals surface area contributed by atoms with Crippen LogP contribution in [-0.2, 0) is 22.1 Å². The van der Waals surface area contributed by atoms with Crippen molar-refractivity contribution in [1.29, 1.82) is 0 Å². The highest BCUT2D eigenvalue weighted by Gasteiger charge is 2.20. The number of hydrogen-bond acceptors (Lipinski definition) is 4. The Morgan fingerprint density at radius 1 is 1.07 bits per heavy atom. The number of aliphatic imine (C=N–C) groups is 1. The van der Waals surface area contributed by atoms with Gasteiger partial charge in [-0.15, -0.1) is 0 Å². The summed E-state index contributed by atoms with van der Waals surface area (Å²) in [6, 6.07) is 15.6. The number of sulfone groups is 1. The van der Waals surface area contributed by atoms with Gasteiger partial charge in [-0.25, -0.2) is 8.42 Å². The summed E-state index contributed by atoms with van der Waals surface area (Å²) < 4.78 is 22.8. The van der Waals surface area contributed by atoms with Gasteiger partial charge in [0.1, 0.15) is 0 Å². The summed E-state index contributed by atoms with van der Waals surface area (Å²) in [6.07, 6.45) is 1.25. The lowest BCUT2D eigenvalue weighted by Crippen LogP contribution is -2.52. The molecule has 2 aromatic carbocycles. The van der Waals surface area contributed by atoms with Gasteiger partial charge in [-0.05, 0) is 29.3 Å². The van der Waals surface area contributed by atoms with Crippen LogP contribution in [0.15, 0.2) is 53.5 Å². The molecule has 3 rings (SSSR count). The maximum atomic E-state index is 11.4. The van der Waals surface area contributed by atoms with Crippen molar-refractivity contribution in [1.82, 2.24) is 10.2 Å². The molecule has 156 valence electrons. The first kappa shape index (κ1) is 21.5. The van der Waals surface area contributed by atoms with E-state index in [1.807, 2.05) is 42.5 Å². The second-order valence-corrected chi connectivity index (χ2v) is 9.82. The van der Waals surface area contributed by atoms with Crippen molar-refractivity contribution >= 4 is 33.1 Å². The summed E-state index contributed by atoms with van der Waals surface area (Å²) in [5, 5.41) is 4.16. The van der Waals surface area contributed by atoms with Crippen LogP contribution in [0.2, 0.25) is 5.02 Å². The zero-order chi connectivity index (χ0) is 20.9. The summed E-state index contributed by atoms with van der Waals surface area (Å²) in [4.78, 5) is 9.00. The molecule has 2 aromatic rings. The quantitative estimate of drug-likeness (QED) is 0.579. The number of piperazine rings is 1. The molecule has 1 fully saturated rings. The van der Waals surface area contributed by atoms with E-state index in [0.29, 0.717) is 6.54 Å². The van der Waals surface area contributed by atoms with E-state index in [1.54, 1.807) is 7.05 Å². The van der Waals surface area contributed by atoms with E-state index in [9.17, 15) is 8.42 Å². The summed E-state index contributed by atoms with van der Waals surface area (Å²) >= 11 is 6.11. The van der Waals surface area contributed by atoms with Crippen LogP contribution in [0.25, 0.3) is 0 Å². The molecule has 0 aromatic heterocycles. The van der Waals surface area contributed by atoms with E-state index >= 15 is 0 Å². The van der Waals surface area contributed by atoms with E-state index in [2.05, 4.69) is 26.2 Å². The van der Waals surface area contributed by atoms with Crippen molar-refractivity contribution in [2.24, 2.45) is 4.99 Å². The lowest BCUT2D eigenvalue weighted by Gasteiger charge is -2.37. The molecule has 29 heavy (non-hydrogen) atoms. The van der Waals surface area contributed by atoms with E-state index in [4.69, 9.17) is 11.6 Å². The fourth-order valence-electron chi connectivity index (χ4n) is 3.42. The molecule has 1 saturated heterocycles. The van der Waals surface area contributed by atoms with Crippen molar-refractivity contribution in [2.75, 3.05) is 44.4 Å². The molecule has 0 amide bonds. The zero-order valence-electron chi connectivity index (χ0n) is 16.8. The van der Waals surface area contributed by atoms with Gasteiger partial charge in [0.15, 0.2) is 15.8 Å². The predicted octanol–water partition coefficient (Wildman–Crippen LogP) is 2.78. The van der Waals surface area contributed by atoms with Gasteiger partial charge >= 0.3 is 0 Å². The van der Waals surface area contributed by atoms with Crippen LogP contribution < -0.4 is 10.2 Å². The first-order valence-electron chi connectivity index (χ1n) is 9.56. The molecule has 0 bridgehead atoms. The number of nitrogens with one attached hydrogen (secondary N) is 1. The molecule has 1 N–H and O–H groups in total. The highest BCUT2D eigenvalue weighted by Crippen LogP contribution is 2.20. The third-order valence-corrected chi connectivity index (χ3v) is 5.96. The van der Waals surface area contributed by atoms with Crippen molar-refractivity contribution in [3.05, 3.63) is 64.7 Å². The number of guanidine groups is 1. The molecule has 1 aliphatic heterocycles. The van der Waals surface area contributed by atoms with E-state index in [0.717, 1.165) is 54.0 Å². The van der Waals surface area contributed by atoms with Crippen LogP contribution in [0.1, 0.15) is 11.1 Å². The monoisotopic (exact) mass is 434 g/mol. The fraction of sp³-hybridized carbons (Fsp3) is 0.381. The number of rotatable bonds is 5. The van der Waals surface area contributed by atoms with Crippen molar-refractivity contribution in [2.45, 2.75) is 12.3 Å². The number of anilines is 1. The van der Waals surface area contributed by atoms with Crippen molar-refractivity contribution in [3.8, 4) is 0 Å². The van der Waals surface area contributed by atoms with Crippen LogP contribution >= 0.6 is 11.6 Å². The SMILES string of the molecule is CN=C(NCc1ccc(CS(C)(=O)=O)cc1)N1CCN(c2cccc(Cl)c2)CC1. The van der Waals surface area contributed by atoms with Gasteiger partial charge in [0.05, 0.1) is 5.75 Å². The van der Waals surface area contributed by atoms with Gasteiger partial charge in [-0.1, -0.05) is 41.9 Å². The molecule has 0 radical (unpaired) electrons. The maximum absolute atomic E-state index is 11.4. The Kier molecular flexibility index (Phi) is 7.03. The minimum Gasteiger partial charge on any atom is -0.368 e. The van der Waals surface area contributed by atoms with Gasteiger partial charge in [0.2, 0.25) is 0 Å². The Labute approximate surface area is 178 Å². The molecule has 0 aliphatic carbocycles. The second-order valence-electron chi connectivity index (χ2n) is 7.24. The average molecular weight is 435 g/mol. The summed E-state index contributed by atoms with van der Waals surface area (Å²) in [7, 11) is -1.22.